The highest BCUT2D eigenvalue weighted by Crippen LogP contribution is 2.24. The molecule has 0 radical (unpaired) electrons. The number of carboxylic acids is 1. The molecule has 0 fully saturated rings. The molecule has 1 unspecified atom stereocenters. The Morgan fingerprint density at radius 2 is 1.65 bits per heavy atom. The van der Waals surface area contributed by atoms with Crippen LogP contribution in [0.25, 0.3) is 11.5 Å². The lowest BCUT2D eigenvalue weighted by molar-refractivity contribution is -0.137. The number of hydrogen-bond donors (Lipinski definition) is 3. The van der Waals surface area contributed by atoms with Crippen molar-refractivity contribution >= 4 is 29.2 Å². The molecule has 0 aliphatic heterocycles. The number of ketones is 1. The van der Waals surface area contributed by atoms with Gasteiger partial charge in [0, 0.05) is 40.9 Å². The molecule has 10 heteroatoms. The molecule has 234 valence electrons. The lowest BCUT2D eigenvalue weighted by Crippen LogP contribution is -2.32. The summed E-state index contributed by atoms with van der Waals surface area (Å²) in [6, 6.07) is 29.1. The van der Waals surface area contributed by atoms with Gasteiger partial charge in [-0.15, -0.1) is 0 Å². The van der Waals surface area contributed by atoms with Crippen LogP contribution in [0, 0.1) is 6.92 Å². The molecule has 0 bridgehead atoms. The maximum atomic E-state index is 13.4. The number of anilines is 2. The molecule has 0 saturated heterocycles. The van der Waals surface area contributed by atoms with Crippen LogP contribution < -0.4 is 15.4 Å². The summed E-state index contributed by atoms with van der Waals surface area (Å²) in [5.74, 6) is 0.572. The molecular weight excluding hydrogens is 586 g/mol. The van der Waals surface area contributed by atoms with Crippen molar-refractivity contribution < 1.29 is 33.4 Å². The first-order chi connectivity index (χ1) is 22.3. The maximum Gasteiger partial charge on any atom is 0.411 e. The van der Waals surface area contributed by atoms with Crippen LogP contribution in [-0.4, -0.2) is 47.7 Å². The van der Waals surface area contributed by atoms with Gasteiger partial charge in [-0.1, -0.05) is 54.6 Å². The summed E-state index contributed by atoms with van der Waals surface area (Å²) < 4.78 is 16.4. The molecule has 0 aliphatic carbocycles. The standard InChI is InChI=1S/C36H33N3O7/c1-23-30(39-34(46-23)25-9-4-3-5-10-25)19-20-45-28-17-15-24(16-18-28)21-32(35(41)42)38-31-14-7-6-13-29(31)33(40)26-11-8-12-27(22-26)37-36(43)44-2/h3-18,22,32,38H,19-21H2,1-2H3,(H,37,43)(H,41,42). The number of amides is 1. The zero-order valence-electron chi connectivity index (χ0n) is 25.4. The number of oxazole rings is 1. The largest absolute Gasteiger partial charge is 0.493 e. The van der Waals surface area contributed by atoms with E-state index in [1.165, 1.54) is 13.2 Å². The normalized spacial score (nSPS) is 11.3. The number of rotatable bonds is 13. The van der Waals surface area contributed by atoms with Crippen LogP contribution in [0.3, 0.4) is 0 Å². The number of carbonyl (C=O) groups excluding carboxylic acids is 2. The highest BCUT2D eigenvalue weighted by atomic mass is 16.5. The number of carbonyl (C=O) groups is 3. The van der Waals surface area contributed by atoms with Crippen LogP contribution in [0.1, 0.15) is 32.9 Å². The third-order valence-electron chi connectivity index (χ3n) is 7.24. The Bertz CT molecular complexity index is 1820. The van der Waals surface area contributed by atoms with Gasteiger partial charge in [-0.2, -0.15) is 0 Å². The molecule has 0 spiro atoms. The molecule has 1 amide bonds. The van der Waals surface area contributed by atoms with Gasteiger partial charge in [0.15, 0.2) is 5.78 Å². The minimum atomic E-state index is -1.07. The van der Waals surface area contributed by atoms with Crippen molar-refractivity contribution in [1.82, 2.24) is 4.98 Å². The summed E-state index contributed by atoms with van der Waals surface area (Å²) in [6.07, 6.45) is 0.0748. The van der Waals surface area contributed by atoms with Crippen molar-refractivity contribution in [2.75, 3.05) is 24.4 Å². The Kier molecular flexibility index (Phi) is 10.1. The van der Waals surface area contributed by atoms with E-state index < -0.39 is 18.1 Å². The number of aliphatic carboxylic acids is 1. The van der Waals surface area contributed by atoms with Crippen LogP contribution in [0.2, 0.25) is 0 Å². The van der Waals surface area contributed by atoms with Crippen LogP contribution in [0.15, 0.2) is 108 Å². The second-order valence-electron chi connectivity index (χ2n) is 10.4. The number of benzene rings is 4. The Morgan fingerprint density at radius 3 is 2.39 bits per heavy atom. The quantitative estimate of drug-likeness (QED) is 0.122. The highest BCUT2D eigenvalue weighted by Gasteiger charge is 2.22. The topological polar surface area (TPSA) is 140 Å². The monoisotopic (exact) mass is 619 g/mol. The van der Waals surface area contributed by atoms with Crippen molar-refractivity contribution in [1.29, 1.82) is 0 Å². The lowest BCUT2D eigenvalue weighted by atomic mass is 9.99. The van der Waals surface area contributed by atoms with Crippen LogP contribution in [0.5, 0.6) is 5.75 Å². The molecule has 1 heterocycles. The summed E-state index contributed by atoms with van der Waals surface area (Å²) >= 11 is 0. The van der Waals surface area contributed by atoms with E-state index in [1.54, 1.807) is 54.6 Å². The first kappa shape index (κ1) is 31.5. The first-order valence-electron chi connectivity index (χ1n) is 14.6. The average Bonchev–Trinajstić information content (AvgIpc) is 3.45. The number of nitrogens with zero attached hydrogens (tertiary/aromatic N) is 1. The second kappa shape index (κ2) is 14.7. The number of aryl methyl sites for hydroxylation is 1. The number of aromatic nitrogens is 1. The summed E-state index contributed by atoms with van der Waals surface area (Å²) in [4.78, 5) is 41.9. The summed E-state index contributed by atoms with van der Waals surface area (Å²) in [5, 5.41) is 15.6. The van der Waals surface area contributed by atoms with Crippen molar-refractivity contribution in [2.24, 2.45) is 0 Å². The minimum Gasteiger partial charge on any atom is -0.493 e. The van der Waals surface area contributed by atoms with Gasteiger partial charge in [0.25, 0.3) is 0 Å². The number of para-hydroxylation sites is 1. The van der Waals surface area contributed by atoms with Crippen molar-refractivity contribution in [3.05, 3.63) is 131 Å². The Balaban J connectivity index is 1.20. The van der Waals surface area contributed by atoms with E-state index in [-0.39, 0.29) is 12.2 Å². The van der Waals surface area contributed by atoms with Gasteiger partial charge in [0.2, 0.25) is 5.89 Å². The number of methoxy groups -OCH3 is 1. The molecule has 5 rings (SSSR count). The minimum absolute atomic E-state index is 0.164. The predicted molar refractivity (Wildman–Crippen MR) is 173 cm³/mol. The van der Waals surface area contributed by atoms with E-state index >= 15 is 0 Å². The molecule has 3 N–H and O–H groups in total. The first-order valence-corrected chi connectivity index (χ1v) is 14.6. The van der Waals surface area contributed by atoms with Crippen LogP contribution in [0.4, 0.5) is 16.2 Å². The smallest absolute Gasteiger partial charge is 0.411 e. The predicted octanol–water partition coefficient (Wildman–Crippen LogP) is 6.79. The SMILES string of the molecule is COC(=O)Nc1cccc(C(=O)c2ccccc2NC(Cc2ccc(OCCc3nc(-c4ccccc4)oc3C)cc2)C(=O)O)c1. The number of ether oxygens (including phenoxy) is 2. The van der Waals surface area contributed by atoms with E-state index in [2.05, 4.69) is 20.4 Å². The fourth-order valence-corrected chi connectivity index (χ4v) is 4.84. The molecule has 4 aromatic carbocycles. The molecule has 46 heavy (non-hydrogen) atoms. The van der Waals surface area contributed by atoms with Crippen molar-refractivity contribution in [3.63, 3.8) is 0 Å². The van der Waals surface area contributed by atoms with Gasteiger partial charge in [0.05, 0.1) is 19.4 Å². The summed E-state index contributed by atoms with van der Waals surface area (Å²) in [6.45, 7) is 2.28. The van der Waals surface area contributed by atoms with E-state index in [1.807, 2.05) is 49.4 Å². The lowest BCUT2D eigenvalue weighted by Gasteiger charge is -2.18. The van der Waals surface area contributed by atoms with Gasteiger partial charge in [-0.25, -0.2) is 14.6 Å². The summed E-state index contributed by atoms with van der Waals surface area (Å²) in [7, 11) is 1.25. The third-order valence-corrected chi connectivity index (χ3v) is 7.24. The van der Waals surface area contributed by atoms with Crippen LogP contribution in [-0.2, 0) is 22.4 Å². The third kappa shape index (κ3) is 7.97. The Hall–Kier alpha value is -5.90. The van der Waals surface area contributed by atoms with Gasteiger partial charge in [0.1, 0.15) is 17.6 Å². The molecular formula is C36H33N3O7. The fourth-order valence-electron chi connectivity index (χ4n) is 4.84. The zero-order valence-corrected chi connectivity index (χ0v) is 25.4. The van der Waals surface area contributed by atoms with Gasteiger partial charge < -0.3 is 24.3 Å². The summed E-state index contributed by atoms with van der Waals surface area (Å²) in [5.41, 5.74) is 3.91. The number of carboxylic acid groups (broad SMARTS) is 1. The van der Waals surface area contributed by atoms with Crippen LogP contribution >= 0.6 is 0 Å². The highest BCUT2D eigenvalue weighted by molar-refractivity contribution is 6.13. The van der Waals surface area contributed by atoms with Gasteiger partial charge >= 0.3 is 12.1 Å². The Labute approximate surface area is 266 Å². The van der Waals surface area contributed by atoms with Gasteiger partial charge in [-0.05, 0) is 61.0 Å². The Morgan fingerprint density at radius 1 is 0.913 bits per heavy atom. The molecule has 10 nitrogen and oxygen atoms in total. The van der Waals surface area contributed by atoms with E-state index in [0.29, 0.717) is 47.2 Å². The molecule has 0 aliphatic rings. The second-order valence-corrected chi connectivity index (χ2v) is 10.4. The number of hydrogen-bond acceptors (Lipinski definition) is 8. The maximum absolute atomic E-state index is 13.4. The number of nitrogens with one attached hydrogen (secondary N) is 2. The zero-order chi connectivity index (χ0) is 32.5. The molecule has 0 saturated carbocycles. The van der Waals surface area contributed by atoms with Gasteiger partial charge in [-0.3, -0.25) is 10.1 Å². The molecule has 1 aromatic heterocycles. The molecule has 5 aromatic rings. The average molecular weight is 620 g/mol. The van der Waals surface area contributed by atoms with E-state index in [9.17, 15) is 19.5 Å². The van der Waals surface area contributed by atoms with Crippen molar-refractivity contribution in [2.45, 2.75) is 25.8 Å². The molecule has 1 atom stereocenters. The van der Waals surface area contributed by atoms with E-state index in [0.717, 1.165) is 22.6 Å². The van der Waals surface area contributed by atoms with E-state index in [4.69, 9.17) is 9.15 Å². The van der Waals surface area contributed by atoms with Crippen molar-refractivity contribution in [3.8, 4) is 17.2 Å². The fraction of sp³-hybridized carbons (Fsp3) is 0.167.